The van der Waals surface area contributed by atoms with Crippen LogP contribution in [0.25, 0.3) is 0 Å². The molecule has 37 heavy (non-hydrogen) atoms. The van der Waals surface area contributed by atoms with E-state index in [1.807, 2.05) is 0 Å². The van der Waals surface area contributed by atoms with Gasteiger partial charge in [0.2, 0.25) is 0 Å². The molecular formula is C22H16F6N4O5. The standard InChI is InChI=1S/C22H16F6N4O5/c1-10-13(21(23,24)25)9-17(36-15-4-3-12(8-16(15)35-2)37-22(26,27)28)18(31-10)20(34)32-11-5-6-30-14(7-11)19(29)33/h3-9H,1-2H3,(H2,29,33)(H,30,32,34). The smallest absolute Gasteiger partial charge is 0.493 e. The topological polar surface area (TPSA) is 126 Å². The fourth-order valence-electron chi connectivity index (χ4n) is 3.00. The lowest BCUT2D eigenvalue weighted by atomic mass is 10.1. The molecule has 0 spiro atoms. The van der Waals surface area contributed by atoms with Crippen LogP contribution in [0.3, 0.4) is 0 Å². The zero-order valence-electron chi connectivity index (χ0n) is 18.8. The molecular weight excluding hydrogens is 514 g/mol. The molecule has 9 nitrogen and oxygen atoms in total. The van der Waals surface area contributed by atoms with Crippen molar-refractivity contribution in [2.45, 2.75) is 19.5 Å². The van der Waals surface area contributed by atoms with Gasteiger partial charge in [0.15, 0.2) is 22.9 Å². The van der Waals surface area contributed by atoms with E-state index in [-0.39, 0.29) is 22.9 Å². The van der Waals surface area contributed by atoms with E-state index < -0.39 is 52.8 Å². The van der Waals surface area contributed by atoms with E-state index in [4.69, 9.17) is 15.2 Å². The molecule has 0 aliphatic carbocycles. The first-order valence-corrected chi connectivity index (χ1v) is 9.95. The predicted molar refractivity (Wildman–Crippen MR) is 114 cm³/mol. The van der Waals surface area contributed by atoms with Gasteiger partial charge >= 0.3 is 12.5 Å². The number of carbonyl (C=O) groups is 2. The molecule has 3 rings (SSSR count). The molecule has 0 saturated heterocycles. The maximum absolute atomic E-state index is 13.5. The van der Waals surface area contributed by atoms with Gasteiger partial charge in [-0.25, -0.2) is 4.98 Å². The number of aryl methyl sites for hydroxylation is 1. The van der Waals surface area contributed by atoms with Crippen molar-refractivity contribution in [2.24, 2.45) is 5.73 Å². The van der Waals surface area contributed by atoms with Gasteiger partial charge in [-0.1, -0.05) is 0 Å². The van der Waals surface area contributed by atoms with Crippen molar-refractivity contribution >= 4 is 17.5 Å². The molecule has 3 N–H and O–H groups in total. The fraction of sp³-hybridized carbons (Fsp3) is 0.182. The average molecular weight is 530 g/mol. The highest BCUT2D eigenvalue weighted by atomic mass is 19.4. The number of pyridine rings is 2. The third-order valence-electron chi connectivity index (χ3n) is 4.56. The van der Waals surface area contributed by atoms with Gasteiger partial charge in [0, 0.05) is 18.0 Å². The number of nitrogens with one attached hydrogen (secondary N) is 1. The zero-order chi connectivity index (χ0) is 27.5. The van der Waals surface area contributed by atoms with E-state index in [1.54, 1.807) is 0 Å². The average Bonchev–Trinajstić information content (AvgIpc) is 2.79. The number of nitrogens with zero attached hydrogens (tertiary/aromatic N) is 2. The minimum atomic E-state index is -5.01. The highest BCUT2D eigenvalue weighted by molar-refractivity contribution is 6.05. The molecule has 0 unspecified atom stereocenters. The van der Waals surface area contributed by atoms with Crippen LogP contribution in [0.5, 0.6) is 23.0 Å². The Morgan fingerprint density at radius 1 is 0.973 bits per heavy atom. The first-order valence-electron chi connectivity index (χ1n) is 9.95. The first kappa shape index (κ1) is 27.0. The van der Waals surface area contributed by atoms with Gasteiger partial charge in [0.05, 0.1) is 18.4 Å². The lowest BCUT2D eigenvalue weighted by Gasteiger charge is -2.18. The van der Waals surface area contributed by atoms with Crippen LogP contribution in [-0.4, -0.2) is 35.3 Å². The molecule has 15 heteroatoms. The maximum Gasteiger partial charge on any atom is 0.573 e. The van der Waals surface area contributed by atoms with Crippen molar-refractivity contribution in [3.05, 3.63) is 65.2 Å². The van der Waals surface area contributed by atoms with Crippen molar-refractivity contribution in [1.82, 2.24) is 9.97 Å². The Morgan fingerprint density at radius 3 is 2.27 bits per heavy atom. The molecule has 1 aromatic carbocycles. The molecule has 2 aromatic heterocycles. The SMILES string of the molecule is COc1cc(OC(F)(F)F)ccc1Oc1cc(C(F)(F)F)c(C)nc1C(=O)Nc1ccnc(C(N)=O)c1. The Hall–Kier alpha value is -4.56. The summed E-state index contributed by atoms with van der Waals surface area (Å²) in [6.07, 6.45) is -8.73. The van der Waals surface area contributed by atoms with Crippen LogP contribution >= 0.6 is 0 Å². The van der Waals surface area contributed by atoms with Gasteiger partial charge in [-0.2, -0.15) is 13.2 Å². The number of aromatic nitrogens is 2. The van der Waals surface area contributed by atoms with Crippen molar-refractivity contribution < 1.29 is 50.1 Å². The molecule has 2 heterocycles. The van der Waals surface area contributed by atoms with E-state index in [0.29, 0.717) is 6.07 Å². The summed E-state index contributed by atoms with van der Waals surface area (Å²) in [5.74, 6) is -4.00. The van der Waals surface area contributed by atoms with Crippen LogP contribution in [0, 0.1) is 6.92 Å². The first-order chi connectivity index (χ1) is 17.2. The van der Waals surface area contributed by atoms with Crippen molar-refractivity contribution in [1.29, 1.82) is 0 Å². The van der Waals surface area contributed by atoms with E-state index in [2.05, 4.69) is 20.0 Å². The third-order valence-corrected chi connectivity index (χ3v) is 4.56. The van der Waals surface area contributed by atoms with E-state index in [0.717, 1.165) is 44.5 Å². The molecule has 0 aliphatic rings. The number of rotatable bonds is 7. The number of ether oxygens (including phenoxy) is 3. The summed E-state index contributed by atoms with van der Waals surface area (Å²) in [5.41, 5.74) is 2.57. The van der Waals surface area contributed by atoms with E-state index in [1.165, 1.54) is 6.07 Å². The third kappa shape index (κ3) is 6.77. The lowest BCUT2D eigenvalue weighted by Crippen LogP contribution is -2.19. The summed E-state index contributed by atoms with van der Waals surface area (Å²) >= 11 is 0. The Bertz CT molecular complexity index is 1340. The van der Waals surface area contributed by atoms with Crippen molar-refractivity contribution in [3.8, 4) is 23.0 Å². The molecule has 3 aromatic rings. The summed E-state index contributed by atoms with van der Waals surface area (Å²) in [6.45, 7) is 1.02. The minimum absolute atomic E-state index is 0.0188. The largest absolute Gasteiger partial charge is 0.573 e. The number of hydrogen-bond donors (Lipinski definition) is 2. The quantitative estimate of drug-likeness (QED) is 0.418. The Kier molecular flexibility index (Phi) is 7.45. The Balaban J connectivity index is 2.04. The lowest BCUT2D eigenvalue weighted by molar-refractivity contribution is -0.274. The molecule has 2 amide bonds. The molecule has 196 valence electrons. The van der Waals surface area contributed by atoms with Crippen molar-refractivity contribution in [3.63, 3.8) is 0 Å². The van der Waals surface area contributed by atoms with Crippen LogP contribution in [0.4, 0.5) is 32.0 Å². The van der Waals surface area contributed by atoms with Gasteiger partial charge in [0.1, 0.15) is 11.4 Å². The highest BCUT2D eigenvalue weighted by Gasteiger charge is 2.36. The van der Waals surface area contributed by atoms with Gasteiger partial charge in [0.25, 0.3) is 11.8 Å². The molecule has 0 fully saturated rings. The van der Waals surface area contributed by atoms with E-state index >= 15 is 0 Å². The Morgan fingerprint density at radius 2 is 1.68 bits per heavy atom. The van der Waals surface area contributed by atoms with Crippen LogP contribution in [0.1, 0.15) is 32.2 Å². The molecule has 0 bridgehead atoms. The molecule has 0 radical (unpaired) electrons. The van der Waals surface area contributed by atoms with Crippen LogP contribution in [0.2, 0.25) is 0 Å². The summed E-state index contributed by atoms with van der Waals surface area (Å²) in [7, 11) is 1.07. The summed E-state index contributed by atoms with van der Waals surface area (Å²) in [5, 5.41) is 2.34. The van der Waals surface area contributed by atoms with Crippen LogP contribution < -0.4 is 25.3 Å². The maximum atomic E-state index is 13.5. The summed E-state index contributed by atoms with van der Waals surface area (Å²) < 4.78 is 92.4. The monoisotopic (exact) mass is 530 g/mol. The molecule has 0 aliphatic heterocycles. The van der Waals surface area contributed by atoms with Crippen LogP contribution in [0.15, 0.2) is 42.6 Å². The van der Waals surface area contributed by atoms with Crippen molar-refractivity contribution in [2.75, 3.05) is 12.4 Å². The second-order valence-electron chi connectivity index (χ2n) is 7.18. The number of halogens is 6. The van der Waals surface area contributed by atoms with Gasteiger partial charge in [-0.3, -0.25) is 14.6 Å². The second-order valence-corrected chi connectivity index (χ2v) is 7.18. The number of hydrogen-bond acceptors (Lipinski definition) is 7. The fourth-order valence-corrected chi connectivity index (χ4v) is 3.00. The highest BCUT2D eigenvalue weighted by Crippen LogP contribution is 2.40. The number of methoxy groups -OCH3 is 1. The number of benzene rings is 1. The molecule has 0 saturated carbocycles. The van der Waals surface area contributed by atoms with E-state index in [9.17, 15) is 35.9 Å². The summed E-state index contributed by atoms with van der Waals surface area (Å²) in [6, 6.07) is 5.48. The number of amides is 2. The Labute approximate surface area is 204 Å². The second kappa shape index (κ2) is 10.2. The minimum Gasteiger partial charge on any atom is -0.493 e. The molecule has 0 atom stereocenters. The van der Waals surface area contributed by atoms with Gasteiger partial charge < -0.3 is 25.3 Å². The number of carbonyl (C=O) groups excluding carboxylic acids is 2. The van der Waals surface area contributed by atoms with Gasteiger partial charge in [-0.05, 0) is 37.3 Å². The number of primary amides is 1. The number of nitrogens with two attached hydrogens (primary N) is 1. The predicted octanol–water partition coefficient (Wildman–Crippen LogP) is 4.85. The number of alkyl halides is 6. The normalized spacial score (nSPS) is 11.6. The summed E-state index contributed by atoms with van der Waals surface area (Å²) in [4.78, 5) is 31.7. The number of anilines is 1. The van der Waals surface area contributed by atoms with Gasteiger partial charge in [-0.15, -0.1) is 13.2 Å². The van der Waals surface area contributed by atoms with Crippen LogP contribution in [-0.2, 0) is 6.18 Å². The zero-order valence-corrected chi connectivity index (χ0v) is 18.8.